The van der Waals surface area contributed by atoms with Crippen LogP contribution in [0.5, 0.6) is 0 Å². The zero-order valence-electron chi connectivity index (χ0n) is 14.2. The van der Waals surface area contributed by atoms with Crippen molar-refractivity contribution in [3.8, 4) is 0 Å². The summed E-state index contributed by atoms with van der Waals surface area (Å²) in [5, 5.41) is 5.65. The highest BCUT2D eigenvalue weighted by molar-refractivity contribution is 5.91. The van der Waals surface area contributed by atoms with E-state index in [0.29, 0.717) is 0 Å². The van der Waals surface area contributed by atoms with E-state index in [1.807, 2.05) is 61.5 Å². The minimum atomic E-state index is -0.245. The number of benzene rings is 2. The van der Waals surface area contributed by atoms with E-state index < -0.39 is 0 Å². The minimum absolute atomic E-state index is 0.0262. The van der Waals surface area contributed by atoms with Crippen molar-refractivity contribution in [1.82, 2.24) is 5.32 Å². The summed E-state index contributed by atoms with van der Waals surface area (Å²) in [6.07, 6.45) is 3.52. The van der Waals surface area contributed by atoms with E-state index in [-0.39, 0.29) is 11.4 Å². The molecule has 2 N–H and O–H groups in total. The first kappa shape index (κ1) is 16.8. The molecule has 0 heterocycles. The van der Waals surface area contributed by atoms with Crippen LogP contribution in [-0.4, -0.2) is 6.03 Å². The van der Waals surface area contributed by atoms with Crippen LogP contribution >= 0.6 is 0 Å². The molecule has 23 heavy (non-hydrogen) atoms. The molecule has 2 aromatic carbocycles. The quantitative estimate of drug-likeness (QED) is 0.815. The lowest BCUT2D eigenvalue weighted by molar-refractivity contribution is 0.255. The smallest absolute Gasteiger partial charge is 0.314 e. The van der Waals surface area contributed by atoms with E-state index in [9.17, 15) is 4.79 Å². The van der Waals surface area contributed by atoms with E-state index >= 15 is 0 Å². The molecule has 0 radical (unpaired) electrons. The Balaban J connectivity index is 1.99. The number of carbonyl (C=O) groups is 1. The average molecular weight is 308 g/mol. The van der Waals surface area contributed by atoms with Gasteiger partial charge in [-0.3, -0.25) is 0 Å². The summed E-state index contributed by atoms with van der Waals surface area (Å²) in [6.45, 7) is 8.43. The number of anilines is 1. The van der Waals surface area contributed by atoms with Crippen LogP contribution in [0.15, 0.2) is 54.7 Å². The molecule has 2 aromatic rings. The van der Waals surface area contributed by atoms with Gasteiger partial charge in [-0.25, -0.2) is 4.79 Å². The molecule has 3 heteroatoms. The summed E-state index contributed by atoms with van der Waals surface area (Å²) in [5.41, 5.74) is 4.18. The maximum atomic E-state index is 12.1. The third-order valence-electron chi connectivity index (χ3n) is 3.55. The zero-order chi connectivity index (χ0) is 16.9. The normalized spacial score (nSPS) is 11.5. The molecule has 0 bridgehead atoms. The Morgan fingerprint density at radius 3 is 2.30 bits per heavy atom. The molecule has 2 amide bonds. The topological polar surface area (TPSA) is 41.1 Å². The third-order valence-corrected chi connectivity index (χ3v) is 3.55. The van der Waals surface area contributed by atoms with Gasteiger partial charge in [0.1, 0.15) is 0 Å². The zero-order valence-corrected chi connectivity index (χ0v) is 14.2. The van der Waals surface area contributed by atoms with E-state index in [0.717, 1.165) is 16.8 Å². The second-order valence-electron chi connectivity index (χ2n) is 6.64. The van der Waals surface area contributed by atoms with Crippen molar-refractivity contribution in [1.29, 1.82) is 0 Å². The van der Waals surface area contributed by atoms with Crippen LogP contribution in [0.2, 0.25) is 0 Å². The molecule has 0 aliphatic carbocycles. The Morgan fingerprint density at radius 2 is 1.65 bits per heavy atom. The van der Waals surface area contributed by atoms with Crippen LogP contribution in [0.4, 0.5) is 10.5 Å². The molecular weight excluding hydrogens is 284 g/mol. The van der Waals surface area contributed by atoms with Crippen molar-refractivity contribution in [2.24, 2.45) is 0 Å². The first-order chi connectivity index (χ1) is 10.9. The molecule has 0 aliphatic rings. The Hall–Kier alpha value is -2.55. The van der Waals surface area contributed by atoms with Gasteiger partial charge in [-0.15, -0.1) is 0 Å². The second-order valence-corrected chi connectivity index (χ2v) is 6.64. The monoisotopic (exact) mass is 308 g/mol. The number of nitrogens with one attached hydrogen (secondary N) is 2. The summed E-state index contributed by atoms with van der Waals surface area (Å²) < 4.78 is 0. The van der Waals surface area contributed by atoms with Gasteiger partial charge in [0.2, 0.25) is 0 Å². The van der Waals surface area contributed by atoms with Gasteiger partial charge < -0.3 is 10.6 Å². The number of urea groups is 1. The van der Waals surface area contributed by atoms with Crippen molar-refractivity contribution in [3.63, 3.8) is 0 Å². The van der Waals surface area contributed by atoms with Crippen LogP contribution in [0, 0.1) is 6.92 Å². The van der Waals surface area contributed by atoms with Crippen LogP contribution in [0.25, 0.3) is 6.08 Å². The number of amides is 2. The summed E-state index contributed by atoms with van der Waals surface area (Å²) in [5.74, 6) is 0. The molecule has 0 aromatic heterocycles. The van der Waals surface area contributed by atoms with E-state index in [2.05, 4.69) is 31.4 Å². The van der Waals surface area contributed by atoms with Crippen molar-refractivity contribution in [2.45, 2.75) is 33.1 Å². The van der Waals surface area contributed by atoms with Crippen molar-refractivity contribution >= 4 is 17.8 Å². The number of hydrogen-bond acceptors (Lipinski definition) is 1. The molecule has 0 aliphatic heterocycles. The predicted molar refractivity (Wildman–Crippen MR) is 97.5 cm³/mol. The third kappa shape index (κ3) is 4.99. The van der Waals surface area contributed by atoms with Gasteiger partial charge in [0, 0.05) is 11.9 Å². The molecule has 0 spiro atoms. The molecule has 0 saturated heterocycles. The van der Waals surface area contributed by atoms with Gasteiger partial charge in [-0.2, -0.15) is 0 Å². The Morgan fingerprint density at radius 1 is 1.00 bits per heavy atom. The average Bonchev–Trinajstić information content (AvgIpc) is 2.49. The van der Waals surface area contributed by atoms with E-state index in [1.54, 1.807) is 6.20 Å². The second kappa shape index (κ2) is 7.14. The lowest BCUT2D eigenvalue weighted by Gasteiger charge is -2.22. The summed E-state index contributed by atoms with van der Waals surface area (Å²) in [7, 11) is 0. The van der Waals surface area contributed by atoms with Gasteiger partial charge in [0.05, 0.1) is 0 Å². The highest BCUT2D eigenvalue weighted by atomic mass is 16.2. The first-order valence-corrected chi connectivity index (χ1v) is 7.76. The Labute approximate surface area is 138 Å². The molecule has 0 saturated carbocycles. The van der Waals surface area contributed by atoms with Gasteiger partial charge in [-0.05, 0) is 35.6 Å². The fourth-order valence-electron chi connectivity index (χ4n) is 2.30. The van der Waals surface area contributed by atoms with E-state index in [4.69, 9.17) is 0 Å². The van der Waals surface area contributed by atoms with Crippen molar-refractivity contribution in [3.05, 3.63) is 71.4 Å². The van der Waals surface area contributed by atoms with Crippen molar-refractivity contribution in [2.75, 3.05) is 5.32 Å². The lowest BCUT2D eigenvalue weighted by Crippen LogP contribution is -2.26. The number of aryl methyl sites for hydroxylation is 1. The van der Waals surface area contributed by atoms with E-state index in [1.165, 1.54) is 5.56 Å². The maximum absolute atomic E-state index is 12.1. The highest BCUT2D eigenvalue weighted by Gasteiger charge is 2.18. The van der Waals surface area contributed by atoms with Crippen LogP contribution < -0.4 is 10.6 Å². The minimum Gasteiger partial charge on any atom is -0.314 e. The summed E-state index contributed by atoms with van der Waals surface area (Å²) in [4.78, 5) is 12.1. The Kier molecular flexibility index (Phi) is 5.22. The number of carbonyl (C=O) groups excluding carboxylic acids is 1. The van der Waals surface area contributed by atoms with Crippen LogP contribution in [-0.2, 0) is 5.41 Å². The lowest BCUT2D eigenvalue weighted by atomic mass is 9.86. The summed E-state index contributed by atoms with van der Waals surface area (Å²) >= 11 is 0. The highest BCUT2D eigenvalue weighted by Crippen LogP contribution is 2.29. The van der Waals surface area contributed by atoms with Gasteiger partial charge in [0.25, 0.3) is 0 Å². The molecule has 0 fully saturated rings. The predicted octanol–water partition coefficient (Wildman–Crippen LogP) is 5.08. The number of para-hydroxylation sites is 1. The van der Waals surface area contributed by atoms with Crippen LogP contribution in [0.3, 0.4) is 0 Å². The molecule has 120 valence electrons. The number of rotatable bonds is 3. The fourth-order valence-corrected chi connectivity index (χ4v) is 2.30. The van der Waals surface area contributed by atoms with Gasteiger partial charge in [0.15, 0.2) is 0 Å². The SMILES string of the molecule is Cc1ccc(/C=C/NC(=O)Nc2ccccc2C(C)(C)C)cc1. The van der Waals surface area contributed by atoms with Crippen molar-refractivity contribution < 1.29 is 4.79 Å². The Bertz CT molecular complexity index is 694. The molecule has 0 unspecified atom stereocenters. The largest absolute Gasteiger partial charge is 0.323 e. The standard InChI is InChI=1S/C20H24N2O/c1-15-9-11-16(12-10-15)13-14-21-19(23)22-18-8-6-5-7-17(18)20(2,3)4/h5-14H,1-4H3,(H2,21,22,23)/b14-13+. The molecule has 2 rings (SSSR count). The maximum Gasteiger partial charge on any atom is 0.323 e. The fraction of sp³-hybridized carbons (Fsp3) is 0.250. The first-order valence-electron chi connectivity index (χ1n) is 7.76. The molecule has 3 nitrogen and oxygen atoms in total. The number of hydrogen-bond donors (Lipinski definition) is 2. The van der Waals surface area contributed by atoms with Gasteiger partial charge in [-0.1, -0.05) is 68.8 Å². The molecule has 0 atom stereocenters. The van der Waals surface area contributed by atoms with Gasteiger partial charge >= 0.3 is 6.03 Å². The summed E-state index contributed by atoms with van der Waals surface area (Å²) in [6, 6.07) is 15.7. The molecular formula is C20H24N2O. The van der Waals surface area contributed by atoms with Crippen LogP contribution in [0.1, 0.15) is 37.5 Å².